The third-order valence-corrected chi connectivity index (χ3v) is 2.69. The summed E-state index contributed by atoms with van der Waals surface area (Å²) in [6, 6.07) is 5.89. The fourth-order valence-corrected chi connectivity index (χ4v) is 1.76. The van der Waals surface area contributed by atoms with Crippen molar-refractivity contribution in [1.29, 1.82) is 0 Å². The van der Waals surface area contributed by atoms with Gasteiger partial charge in [0.1, 0.15) is 17.7 Å². The van der Waals surface area contributed by atoms with Crippen molar-refractivity contribution < 1.29 is 14.2 Å². The van der Waals surface area contributed by atoms with E-state index in [2.05, 4.69) is 4.98 Å². The largest absolute Gasteiger partial charge is 0.496 e. The number of pyridine rings is 1. The highest BCUT2D eigenvalue weighted by Gasteiger charge is 2.21. The number of methoxy groups -OCH3 is 1. The van der Waals surface area contributed by atoms with E-state index in [4.69, 9.17) is 10.5 Å². The molecule has 1 heterocycles. The Hall–Kier alpha value is -2.14. The molecule has 3 N–H and O–H groups in total. The van der Waals surface area contributed by atoms with Crippen molar-refractivity contribution >= 4 is 5.69 Å². The third kappa shape index (κ3) is 2.12. The van der Waals surface area contributed by atoms with Crippen molar-refractivity contribution in [3.05, 3.63) is 53.6 Å². The molecule has 0 aliphatic carbocycles. The SMILES string of the molecule is COc1cccc(F)c1C(O)c1cnccc1N. The first-order valence-electron chi connectivity index (χ1n) is 5.35. The van der Waals surface area contributed by atoms with Crippen LogP contribution in [0.3, 0.4) is 0 Å². The fourth-order valence-electron chi connectivity index (χ4n) is 1.76. The number of aliphatic hydroxyl groups is 1. The molecule has 0 saturated heterocycles. The highest BCUT2D eigenvalue weighted by atomic mass is 19.1. The van der Waals surface area contributed by atoms with Crippen molar-refractivity contribution in [2.24, 2.45) is 0 Å². The van der Waals surface area contributed by atoms with Crippen LogP contribution in [0.5, 0.6) is 5.75 Å². The fraction of sp³-hybridized carbons (Fsp3) is 0.154. The summed E-state index contributed by atoms with van der Waals surface area (Å²) in [5, 5.41) is 10.2. The van der Waals surface area contributed by atoms with Gasteiger partial charge in [-0.1, -0.05) is 6.07 Å². The molecule has 5 heteroatoms. The van der Waals surface area contributed by atoms with Gasteiger partial charge < -0.3 is 15.6 Å². The van der Waals surface area contributed by atoms with E-state index >= 15 is 0 Å². The van der Waals surface area contributed by atoms with Crippen LogP contribution >= 0.6 is 0 Å². The predicted octanol–water partition coefficient (Wildman–Crippen LogP) is 1.89. The summed E-state index contributed by atoms with van der Waals surface area (Å²) in [7, 11) is 1.41. The Morgan fingerprint density at radius 3 is 2.83 bits per heavy atom. The van der Waals surface area contributed by atoms with Crippen molar-refractivity contribution in [2.75, 3.05) is 12.8 Å². The van der Waals surface area contributed by atoms with E-state index in [1.807, 2.05) is 0 Å². The van der Waals surface area contributed by atoms with Gasteiger partial charge >= 0.3 is 0 Å². The zero-order valence-electron chi connectivity index (χ0n) is 9.80. The third-order valence-electron chi connectivity index (χ3n) is 2.69. The minimum atomic E-state index is -1.21. The molecule has 1 unspecified atom stereocenters. The number of rotatable bonds is 3. The number of nitrogens with zero attached hydrogens (tertiary/aromatic N) is 1. The number of anilines is 1. The topological polar surface area (TPSA) is 68.4 Å². The molecule has 1 aromatic carbocycles. The number of hydrogen-bond donors (Lipinski definition) is 2. The van der Waals surface area contributed by atoms with Crippen LogP contribution in [0.2, 0.25) is 0 Å². The van der Waals surface area contributed by atoms with E-state index in [1.165, 1.54) is 31.6 Å². The van der Waals surface area contributed by atoms with Gasteiger partial charge in [0.15, 0.2) is 0 Å². The van der Waals surface area contributed by atoms with Gasteiger partial charge in [0.25, 0.3) is 0 Å². The molecule has 0 saturated carbocycles. The minimum absolute atomic E-state index is 0.0553. The number of nitrogen functional groups attached to an aromatic ring is 1. The summed E-state index contributed by atoms with van der Waals surface area (Å²) in [5.74, 6) is -0.282. The Morgan fingerprint density at radius 2 is 2.17 bits per heavy atom. The van der Waals surface area contributed by atoms with Crippen molar-refractivity contribution in [2.45, 2.75) is 6.10 Å². The summed E-state index contributed by atoms with van der Waals surface area (Å²) in [4.78, 5) is 3.87. The van der Waals surface area contributed by atoms with E-state index in [9.17, 15) is 9.50 Å². The molecule has 1 atom stereocenters. The maximum absolute atomic E-state index is 13.8. The second-order valence-corrected chi connectivity index (χ2v) is 3.76. The van der Waals surface area contributed by atoms with E-state index in [-0.39, 0.29) is 11.3 Å². The summed E-state index contributed by atoms with van der Waals surface area (Å²) >= 11 is 0. The Labute approximate surface area is 104 Å². The number of halogens is 1. The molecule has 94 valence electrons. The molecule has 0 radical (unpaired) electrons. The first-order valence-corrected chi connectivity index (χ1v) is 5.35. The molecule has 2 aromatic rings. The maximum Gasteiger partial charge on any atom is 0.133 e. The Balaban J connectivity index is 2.52. The molecule has 0 amide bonds. The van der Waals surface area contributed by atoms with Crippen LogP contribution in [-0.4, -0.2) is 17.2 Å². The predicted molar refractivity (Wildman–Crippen MR) is 65.7 cm³/mol. The Bertz CT molecular complexity index is 560. The van der Waals surface area contributed by atoms with Gasteiger partial charge in [0.05, 0.1) is 12.7 Å². The van der Waals surface area contributed by atoms with Gasteiger partial charge in [-0.2, -0.15) is 0 Å². The molecular formula is C13H13FN2O2. The average Bonchev–Trinajstić information content (AvgIpc) is 2.38. The lowest BCUT2D eigenvalue weighted by Gasteiger charge is -2.16. The standard InChI is InChI=1S/C13H13FN2O2/c1-18-11-4-2-3-9(14)12(11)13(17)8-7-16-6-5-10(8)15/h2-7,13,17H,1H3,(H2,15,16). The molecule has 0 aliphatic heterocycles. The zero-order valence-corrected chi connectivity index (χ0v) is 9.80. The van der Waals surface area contributed by atoms with Crippen LogP contribution < -0.4 is 10.5 Å². The normalized spacial score (nSPS) is 12.2. The van der Waals surface area contributed by atoms with Gasteiger partial charge in [-0.3, -0.25) is 4.98 Å². The van der Waals surface area contributed by atoms with Crippen LogP contribution in [-0.2, 0) is 0 Å². The molecule has 0 fully saturated rings. The molecule has 2 rings (SSSR count). The minimum Gasteiger partial charge on any atom is -0.496 e. The Kier molecular flexibility index (Phi) is 3.43. The number of hydrogen-bond acceptors (Lipinski definition) is 4. The van der Waals surface area contributed by atoms with Crippen LogP contribution in [0, 0.1) is 5.82 Å². The quantitative estimate of drug-likeness (QED) is 0.870. The summed E-state index contributed by atoms with van der Waals surface area (Å²) in [5.41, 5.74) is 6.49. The van der Waals surface area contributed by atoms with Crippen molar-refractivity contribution in [1.82, 2.24) is 4.98 Å². The van der Waals surface area contributed by atoms with Crippen LogP contribution in [0.4, 0.5) is 10.1 Å². The lowest BCUT2D eigenvalue weighted by Crippen LogP contribution is -2.08. The molecular weight excluding hydrogens is 235 g/mol. The van der Waals surface area contributed by atoms with E-state index < -0.39 is 11.9 Å². The van der Waals surface area contributed by atoms with E-state index in [0.717, 1.165) is 0 Å². The first kappa shape index (κ1) is 12.3. The zero-order chi connectivity index (χ0) is 13.1. The van der Waals surface area contributed by atoms with Gasteiger partial charge in [-0.25, -0.2) is 4.39 Å². The molecule has 4 nitrogen and oxygen atoms in total. The average molecular weight is 248 g/mol. The summed E-state index contributed by atoms with van der Waals surface area (Å²) in [6.07, 6.45) is 1.70. The molecule has 0 bridgehead atoms. The lowest BCUT2D eigenvalue weighted by molar-refractivity contribution is 0.209. The van der Waals surface area contributed by atoms with Crippen molar-refractivity contribution in [3.63, 3.8) is 0 Å². The first-order chi connectivity index (χ1) is 8.65. The molecule has 0 aliphatic rings. The Morgan fingerprint density at radius 1 is 1.39 bits per heavy atom. The second-order valence-electron chi connectivity index (χ2n) is 3.76. The number of aromatic nitrogens is 1. The van der Waals surface area contributed by atoms with Crippen LogP contribution in [0.25, 0.3) is 0 Å². The molecule has 18 heavy (non-hydrogen) atoms. The molecule has 1 aromatic heterocycles. The summed E-state index contributed by atoms with van der Waals surface area (Å²) in [6.45, 7) is 0. The van der Waals surface area contributed by atoms with Gasteiger partial charge in [-0.05, 0) is 18.2 Å². The molecule has 0 spiro atoms. The highest BCUT2D eigenvalue weighted by molar-refractivity contribution is 5.51. The van der Waals surface area contributed by atoms with Crippen LogP contribution in [0.15, 0.2) is 36.7 Å². The monoisotopic (exact) mass is 248 g/mol. The van der Waals surface area contributed by atoms with E-state index in [0.29, 0.717) is 11.3 Å². The second kappa shape index (κ2) is 5.01. The smallest absolute Gasteiger partial charge is 0.133 e. The number of nitrogens with two attached hydrogens (primary N) is 1. The number of benzene rings is 1. The van der Waals surface area contributed by atoms with Gasteiger partial charge in [0.2, 0.25) is 0 Å². The van der Waals surface area contributed by atoms with Gasteiger partial charge in [0, 0.05) is 23.6 Å². The summed E-state index contributed by atoms with van der Waals surface area (Å²) < 4.78 is 18.9. The van der Waals surface area contributed by atoms with E-state index in [1.54, 1.807) is 12.1 Å². The maximum atomic E-state index is 13.8. The highest BCUT2D eigenvalue weighted by Crippen LogP contribution is 2.33. The lowest BCUT2D eigenvalue weighted by atomic mass is 10.0. The van der Waals surface area contributed by atoms with Gasteiger partial charge in [-0.15, -0.1) is 0 Å². The van der Waals surface area contributed by atoms with Crippen molar-refractivity contribution in [3.8, 4) is 5.75 Å². The number of ether oxygens (including phenoxy) is 1. The van der Waals surface area contributed by atoms with Crippen LogP contribution in [0.1, 0.15) is 17.2 Å². The number of aliphatic hydroxyl groups excluding tert-OH is 1.